The summed E-state index contributed by atoms with van der Waals surface area (Å²) in [5.41, 5.74) is 2.52. The van der Waals surface area contributed by atoms with Gasteiger partial charge in [-0.25, -0.2) is 0 Å². The zero-order valence-corrected chi connectivity index (χ0v) is 16.4. The first-order chi connectivity index (χ1) is 13.1. The Morgan fingerprint density at radius 1 is 1.26 bits per heavy atom. The van der Waals surface area contributed by atoms with E-state index >= 15 is 0 Å². The van der Waals surface area contributed by atoms with Crippen molar-refractivity contribution in [2.75, 3.05) is 6.61 Å². The van der Waals surface area contributed by atoms with E-state index in [1.165, 1.54) is 24.0 Å². The van der Waals surface area contributed by atoms with E-state index in [0.29, 0.717) is 11.8 Å². The first-order valence-corrected chi connectivity index (χ1v) is 10.6. The molecule has 0 radical (unpaired) electrons. The number of hydrogen-bond acceptors (Lipinski definition) is 4. The number of ether oxygens (including phenoxy) is 1. The Labute approximate surface area is 163 Å². The Morgan fingerprint density at radius 3 is 2.89 bits per heavy atom. The molecule has 5 atom stereocenters. The van der Waals surface area contributed by atoms with E-state index in [2.05, 4.69) is 13.0 Å². The molecule has 2 aliphatic carbocycles. The standard InChI is InChI=1S/C23H33NO3/c1-2-3-4-7-18(25)9-10-19-20-13-16-6-5-8-23(27-12-11-24)21(16)14-17(20)15-22(19)26/h5-6,8,17-20,22,25-26H,2-4,7,9-10,12-15H2,1H3/t17-,18?,19+,20-,22+/m0/s1. The van der Waals surface area contributed by atoms with Crippen LogP contribution in [0.25, 0.3) is 0 Å². The van der Waals surface area contributed by atoms with Crippen molar-refractivity contribution in [3.63, 3.8) is 0 Å². The van der Waals surface area contributed by atoms with E-state index in [4.69, 9.17) is 10.00 Å². The van der Waals surface area contributed by atoms with Crippen LogP contribution in [0.15, 0.2) is 18.2 Å². The number of unbranched alkanes of at least 4 members (excludes halogenated alkanes) is 2. The third kappa shape index (κ3) is 4.83. The summed E-state index contributed by atoms with van der Waals surface area (Å²) in [7, 11) is 0. The van der Waals surface area contributed by atoms with Crippen LogP contribution < -0.4 is 4.74 Å². The Bertz CT molecular complexity index is 654. The quantitative estimate of drug-likeness (QED) is 0.643. The van der Waals surface area contributed by atoms with Crippen LogP contribution in [0, 0.1) is 29.1 Å². The Hall–Kier alpha value is -1.57. The molecular formula is C23H33NO3. The Balaban J connectivity index is 1.62. The molecule has 0 amide bonds. The van der Waals surface area contributed by atoms with Gasteiger partial charge in [0, 0.05) is 0 Å². The van der Waals surface area contributed by atoms with Crippen molar-refractivity contribution < 1.29 is 14.9 Å². The smallest absolute Gasteiger partial charge is 0.174 e. The molecule has 1 saturated carbocycles. The van der Waals surface area contributed by atoms with Gasteiger partial charge in [0.25, 0.3) is 0 Å². The predicted molar refractivity (Wildman–Crippen MR) is 105 cm³/mol. The minimum absolute atomic E-state index is 0.0751. The van der Waals surface area contributed by atoms with E-state index in [1.54, 1.807) is 0 Å². The summed E-state index contributed by atoms with van der Waals surface area (Å²) < 4.78 is 5.62. The zero-order valence-electron chi connectivity index (χ0n) is 16.4. The Morgan fingerprint density at radius 2 is 2.11 bits per heavy atom. The van der Waals surface area contributed by atoms with Crippen LogP contribution in [0.1, 0.15) is 63.0 Å². The average molecular weight is 372 g/mol. The predicted octanol–water partition coefficient (Wildman–Crippen LogP) is 4.02. The molecule has 1 aromatic rings. The maximum Gasteiger partial charge on any atom is 0.174 e. The number of rotatable bonds is 9. The third-order valence-electron chi connectivity index (χ3n) is 6.61. The van der Waals surface area contributed by atoms with Gasteiger partial charge in [-0.05, 0) is 73.5 Å². The highest BCUT2D eigenvalue weighted by molar-refractivity contribution is 5.43. The van der Waals surface area contributed by atoms with Crippen LogP contribution in [-0.2, 0) is 12.8 Å². The maximum absolute atomic E-state index is 10.7. The highest BCUT2D eigenvalue weighted by Gasteiger charge is 2.44. The summed E-state index contributed by atoms with van der Waals surface area (Å²) in [5, 5.41) is 29.7. The molecule has 148 valence electrons. The molecule has 1 fully saturated rings. The normalized spacial score (nSPS) is 27.5. The van der Waals surface area contributed by atoms with Crippen molar-refractivity contribution in [2.45, 2.75) is 76.9 Å². The number of nitriles is 1. The van der Waals surface area contributed by atoms with Crippen LogP contribution in [0.3, 0.4) is 0 Å². The molecule has 27 heavy (non-hydrogen) atoms. The molecule has 0 aromatic heterocycles. The first-order valence-electron chi connectivity index (χ1n) is 10.6. The topological polar surface area (TPSA) is 73.5 Å². The van der Waals surface area contributed by atoms with Crippen LogP contribution >= 0.6 is 0 Å². The van der Waals surface area contributed by atoms with Gasteiger partial charge >= 0.3 is 0 Å². The van der Waals surface area contributed by atoms with Crippen molar-refractivity contribution in [3.8, 4) is 11.8 Å². The number of fused-ring (bicyclic) bond motifs is 2. The van der Waals surface area contributed by atoms with Gasteiger partial charge in [-0.15, -0.1) is 0 Å². The van der Waals surface area contributed by atoms with Crippen LogP contribution in [0.5, 0.6) is 5.75 Å². The summed E-state index contributed by atoms with van der Waals surface area (Å²) in [6.45, 7) is 2.25. The van der Waals surface area contributed by atoms with Crippen LogP contribution in [0.2, 0.25) is 0 Å². The lowest BCUT2D eigenvalue weighted by Crippen LogP contribution is -2.28. The molecule has 1 aromatic carbocycles. The molecule has 4 nitrogen and oxygen atoms in total. The molecule has 0 heterocycles. The van der Waals surface area contributed by atoms with E-state index in [-0.39, 0.29) is 24.7 Å². The number of aliphatic hydroxyl groups is 2. The summed E-state index contributed by atoms with van der Waals surface area (Å²) in [6, 6.07) is 8.16. The summed E-state index contributed by atoms with van der Waals surface area (Å²) in [4.78, 5) is 0. The molecule has 4 heteroatoms. The molecule has 0 aliphatic heterocycles. The summed E-state index contributed by atoms with van der Waals surface area (Å²) in [5.74, 6) is 2.08. The third-order valence-corrected chi connectivity index (χ3v) is 6.61. The van der Waals surface area contributed by atoms with Crippen molar-refractivity contribution in [1.82, 2.24) is 0 Å². The van der Waals surface area contributed by atoms with E-state index < -0.39 is 0 Å². The van der Waals surface area contributed by atoms with Gasteiger partial charge in [-0.1, -0.05) is 38.3 Å². The highest BCUT2D eigenvalue weighted by Crippen LogP contribution is 2.48. The molecule has 3 rings (SSSR count). The molecule has 1 unspecified atom stereocenters. The minimum Gasteiger partial charge on any atom is -0.478 e. The highest BCUT2D eigenvalue weighted by atomic mass is 16.5. The fourth-order valence-electron chi connectivity index (χ4n) is 5.21. The second-order valence-electron chi connectivity index (χ2n) is 8.37. The number of hydrogen-bond donors (Lipinski definition) is 2. The summed E-state index contributed by atoms with van der Waals surface area (Å²) >= 11 is 0. The molecule has 0 spiro atoms. The fourth-order valence-corrected chi connectivity index (χ4v) is 5.21. The fraction of sp³-hybridized carbons (Fsp3) is 0.696. The van der Waals surface area contributed by atoms with Gasteiger partial charge in [-0.2, -0.15) is 5.26 Å². The lowest BCUT2D eigenvalue weighted by atomic mass is 9.73. The van der Waals surface area contributed by atoms with Gasteiger partial charge in [-0.3, -0.25) is 0 Å². The minimum atomic E-state index is -0.263. The van der Waals surface area contributed by atoms with E-state index in [0.717, 1.165) is 50.7 Å². The summed E-state index contributed by atoms with van der Waals surface area (Å²) in [6.07, 6.45) is 8.29. The number of nitrogens with zero attached hydrogens (tertiary/aromatic N) is 1. The van der Waals surface area contributed by atoms with Crippen LogP contribution in [-0.4, -0.2) is 29.0 Å². The first kappa shape index (κ1) is 20.2. The maximum atomic E-state index is 10.7. The number of benzene rings is 1. The van der Waals surface area contributed by atoms with Gasteiger partial charge in [0.1, 0.15) is 11.8 Å². The van der Waals surface area contributed by atoms with Crippen molar-refractivity contribution >= 4 is 0 Å². The van der Waals surface area contributed by atoms with Gasteiger partial charge in [0.2, 0.25) is 0 Å². The van der Waals surface area contributed by atoms with Crippen molar-refractivity contribution in [1.29, 1.82) is 5.26 Å². The van der Waals surface area contributed by atoms with Gasteiger partial charge in [0.05, 0.1) is 12.2 Å². The lowest BCUT2D eigenvalue weighted by Gasteiger charge is -2.32. The molecule has 2 aliphatic rings. The van der Waals surface area contributed by atoms with Crippen molar-refractivity contribution in [2.24, 2.45) is 17.8 Å². The molecule has 2 N–H and O–H groups in total. The van der Waals surface area contributed by atoms with E-state index in [1.807, 2.05) is 18.2 Å². The largest absolute Gasteiger partial charge is 0.478 e. The van der Waals surface area contributed by atoms with Crippen molar-refractivity contribution in [3.05, 3.63) is 29.3 Å². The van der Waals surface area contributed by atoms with Gasteiger partial charge in [0.15, 0.2) is 6.61 Å². The molecular weight excluding hydrogens is 338 g/mol. The monoisotopic (exact) mass is 371 g/mol. The van der Waals surface area contributed by atoms with E-state index in [9.17, 15) is 10.2 Å². The lowest BCUT2D eigenvalue weighted by molar-refractivity contribution is 0.0869. The second kappa shape index (κ2) is 9.57. The Kier molecular flexibility index (Phi) is 7.15. The number of aliphatic hydroxyl groups excluding tert-OH is 2. The molecule has 0 bridgehead atoms. The van der Waals surface area contributed by atoms with Gasteiger partial charge < -0.3 is 14.9 Å². The van der Waals surface area contributed by atoms with Crippen LogP contribution in [0.4, 0.5) is 0 Å². The zero-order chi connectivity index (χ0) is 19.2. The SMILES string of the molecule is CCCCCC(O)CC[C@@H]1[C@H]2Cc3cccc(OCC#N)c3C[C@H]2C[C@H]1O. The second-order valence-corrected chi connectivity index (χ2v) is 8.37. The molecule has 0 saturated heterocycles. The average Bonchev–Trinajstić information content (AvgIpc) is 2.97.